The number of halogens is 1. The molecule has 10 nitrogen and oxygen atoms in total. The predicted octanol–water partition coefficient (Wildman–Crippen LogP) is 4.86. The molecule has 1 amide bonds. The molecule has 11 heteroatoms. The number of nitrogens with one attached hydrogen (secondary N) is 2. The quantitative estimate of drug-likeness (QED) is 0.323. The van der Waals surface area contributed by atoms with Crippen molar-refractivity contribution < 1.29 is 9.18 Å². The van der Waals surface area contributed by atoms with Crippen molar-refractivity contribution >= 4 is 28.8 Å². The summed E-state index contributed by atoms with van der Waals surface area (Å²) < 4.78 is 17.1. The number of hydrogen-bond donors (Lipinski definition) is 2. The van der Waals surface area contributed by atoms with Crippen LogP contribution in [0, 0.1) is 5.82 Å². The van der Waals surface area contributed by atoms with Crippen molar-refractivity contribution in [2.45, 2.75) is 25.3 Å². The number of imidazole rings is 2. The van der Waals surface area contributed by atoms with E-state index in [0.717, 1.165) is 24.2 Å². The Labute approximate surface area is 221 Å². The van der Waals surface area contributed by atoms with Crippen molar-refractivity contribution in [1.82, 2.24) is 34.2 Å². The molecule has 0 radical (unpaired) electrons. The van der Waals surface area contributed by atoms with E-state index in [9.17, 15) is 9.18 Å². The molecule has 1 aliphatic rings. The van der Waals surface area contributed by atoms with Crippen molar-refractivity contribution in [3.63, 3.8) is 0 Å². The molecule has 6 aromatic rings. The minimum atomic E-state index is -0.325. The summed E-state index contributed by atoms with van der Waals surface area (Å²) in [6, 6.07) is 17.3. The van der Waals surface area contributed by atoms with Crippen molar-refractivity contribution in [1.29, 1.82) is 0 Å². The molecule has 1 aromatic carbocycles. The average Bonchev–Trinajstić information content (AvgIpc) is 3.51. The number of hydrogen-bond acceptors (Lipinski definition) is 7. The van der Waals surface area contributed by atoms with E-state index in [-0.39, 0.29) is 11.7 Å². The molecule has 5 heterocycles. The largest absolute Gasteiger partial charge is 0.366 e. The number of amides is 1. The molecule has 192 valence electrons. The zero-order valence-electron chi connectivity index (χ0n) is 20.6. The van der Waals surface area contributed by atoms with E-state index in [1.54, 1.807) is 51.9 Å². The molecule has 0 spiro atoms. The summed E-state index contributed by atoms with van der Waals surface area (Å²) in [6.07, 6.45) is 8.22. The van der Waals surface area contributed by atoms with Gasteiger partial charge in [0.2, 0.25) is 0 Å². The van der Waals surface area contributed by atoms with Gasteiger partial charge in [-0.1, -0.05) is 0 Å². The first kappa shape index (κ1) is 23.0. The summed E-state index contributed by atoms with van der Waals surface area (Å²) in [5.41, 5.74) is 4.29. The SMILES string of the molecule is O=C(Nc1cn2nc(-c3c(-c4ccc(F)cc4)nc4ccc(NC5CCC5)nn34)ccc2n1)c1ccncc1. The highest BCUT2D eigenvalue weighted by atomic mass is 19.1. The molecule has 7 rings (SSSR count). The average molecular weight is 520 g/mol. The standard InChI is InChI=1S/C28H22FN9O/c29-19-6-4-17(5-7-19)26-27(38-25(34-26)11-9-22(36-38)31-20-2-1-3-20)21-8-10-24-32-23(16-37(24)35-21)33-28(39)18-12-14-30-15-13-18/h4-16,20H,1-3H2,(H,31,36)(H,33,39). The molecule has 1 aliphatic carbocycles. The van der Waals surface area contributed by atoms with Crippen molar-refractivity contribution in [2.24, 2.45) is 0 Å². The van der Waals surface area contributed by atoms with Crippen molar-refractivity contribution in [3.8, 4) is 22.6 Å². The number of benzene rings is 1. The zero-order valence-corrected chi connectivity index (χ0v) is 20.6. The molecule has 2 N–H and O–H groups in total. The van der Waals surface area contributed by atoms with E-state index in [2.05, 4.69) is 20.6 Å². The summed E-state index contributed by atoms with van der Waals surface area (Å²) in [5, 5.41) is 15.9. The second-order valence-corrected chi connectivity index (χ2v) is 9.41. The van der Waals surface area contributed by atoms with Gasteiger partial charge in [-0.3, -0.25) is 9.78 Å². The lowest BCUT2D eigenvalue weighted by Crippen LogP contribution is -2.27. The van der Waals surface area contributed by atoms with Gasteiger partial charge in [0.1, 0.15) is 28.7 Å². The van der Waals surface area contributed by atoms with Crippen LogP contribution >= 0.6 is 0 Å². The number of fused-ring (bicyclic) bond motifs is 2. The summed E-state index contributed by atoms with van der Waals surface area (Å²) in [5.74, 6) is 0.496. The van der Waals surface area contributed by atoms with Crippen LogP contribution in [0.15, 0.2) is 79.3 Å². The smallest absolute Gasteiger partial charge is 0.256 e. The lowest BCUT2D eigenvalue weighted by atomic mass is 9.93. The normalized spacial score (nSPS) is 13.5. The Kier molecular flexibility index (Phi) is 5.47. The molecular weight excluding hydrogens is 497 g/mol. The lowest BCUT2D eigenvalue weighted by molar-refractivity contribution is 0.102. The van der Waals surface area contributed by atoms with Gasteiger partial charge >= 0.3 is 0 Å². The minimum absolute atomic E-state index is 0.294. The Bertz CT molecular complexity index is 1830. The van der Waals surface area contributed by atoms with Gasteiger partial charge in [0, 0.05) is 29.6 Å². The number of carbonyl (C=O) groups excluding carboxylic acids is 1. The number of nitrogens with zero attached hydrogens (tertiary/aromatic N) is 7. The van der Waals surface area contributed by atoms with Crippen LogP contribution in [0.4, 0.5) is 16.0 Å². The fraction of sp³-hybridized carbons (Fsp3) is 0.143. The van der Waals surface area contributed by atoms with Gasteiger partial charge in [-0.2, -0.15) is 5.10 Å². The minimum Gasteiger partial charge on any atom is -0.366 e. The van der Waals surface area contributed by atoms with E-state index in [4.69, 9.17) is 15.2 Å². The first-order valence-corrected chi connectivity index (χ1v) is 12.6. The molecule has 39 heavy (non-hydrogen) atoms. The second kappa shape index (κ2) is 9.28. The Morgan fingerprint density at radius 1 is 0.872 bits per heavy atom. The molecule has 0 saturated heterocycles. The number of pyridine rings is 1. The zero-order chi connectivity index (χ0) is 26.3. The van der Waals surface area contributed by atoms with Gasteiger partial charge in [0.25, 0.3) is 5.91 Å². The molecule has 5 aromatic heterocycles. The molecule has 0 bridgehead atoms. The first-order chi connectivity index (χ1) is 19.1. The maximum absolute atomic E-state index is 13.7. The summed E-state index contributed by atoms with van der Waals surface area (Å²) in [7, 11) is 0. The molecule has 0 aliphatic heterocycles. The molecule has 0 atom stereocenters. The third kappa shape index (κ3) is 4.33. The van der Waals surface area contributed by atoms with E-state index in [1.807, 2.05) is 24.3 Å². The highest BCUT2D eigenvalue weighted by Crippen LogP contribution is 2.32. The van der Waals surface area contributed by atoms with Crippen molar-refractivity contribution in [3.05, 3.63) is 90.6 Å². The number of carbonyl (C=O) groups is 1. The van der Waals surface area contributed by atoms with Crippen LogP contribution in [0.25, 0.3) is 33.9 Å². The van der Waals surface area contributed by atoms with E-state index < -0.39 is 0 Å². The number of rotatable bonds is 6. The first-order valence-electron chi connectivity index (χ1n) is 12.6. The highest BCUT2D eigenvalue weighted by Gasteiger charge is 2.22. The molecule has 1 saturated carbocycles. The molecule has 1 fully saturated rings. The maximum Gasteiger partial charge on any atom is 0.256 e. The van der Waals surface area contributed by atoms with Crippen LogP contribution in [-0.2, 0) is 0 Å². The van der Waals surface area contributed by atoms with E-state index in [1.165, 1.54) is 18.6 Å². The van der Waals surface area contributed by atoms with Crippen LogP contribution in [0.5, 0.6) is 0 Å². The monoisotopic (exact) mass is 519 g/mol. The summed E-state index contributed by atoms with van der Waals surface area (Å²) in [4.78, 5) is 25.8. The van der Waals surface area contributed by atoms with Crippen LogP contribution in [0.2, 0.25) is 0 Å². The van der Waals surface area contributed by atoms with Gasteiger partial charge in [0.05, 0.1) is 6.20 Å². The fourth-order valence-corrected chi connectivity index (χ4v) is 4.57. The fourth-order valence-electron chi connectivity index (χ4n) is 4.57. The number of anilines is 2. The Hall–Kier alpha value is -5.19. The predicted molar refractivity (Wildman–Crippen MR) is 144 cm³/mol. The number of aromatic nitrogens is 7. The van der Waals surface area contributed by atoms with Gasteiger partial charge in [0.15, 0.2) is 17.1 Å². The molecule has 0 unspecified atom stereocenters. The lowest BCUT2D eigenvalue weighted by Gasteiger charge is -2.26. The maximum atomic E-state index is 13.7. The Morgan fingerprint density at radius 2 is 1.67 bits per heavy atom. The van der Waals surface area contributed by atoms with Gasteiger partial charge in [-0.25, -0.2) is 23.4 Å². The Morgan fingerprint density at radius 3 is 2.44 bits per heavy atom. The van der Waals surface area contributed by atoms with Crippen molar-refractivity contribution in [2.75, 3.05) is 10.6 Å². The van der Waals surface area contributed by atoms with Crippen LogP contribution < -0.4 is 10.6 Å². The van der Waals surface area contributed by atoms with Gasteiger partial charge < -0.3 is 10.6 Å². The highest BCUT2D eigenvalue weighted by molar-refractivity contribution is 6.03. The second-order valence-electron chi connectivity index (χ2n) is 9.41. The van der Waals surface area contributed by atoms with Crippen LogP contribution in [0.3, 0.4) is 0 Å². The van der Waals surface area contributed by atoms with E-state index >= 15 is 0 Å². The third-order valence-corrected chi connectivity index (χ3v) is 6.80. The van der Waals surface area contributed by atoms with Gasteiger partial charge in [-0.05, 0) is 79.9 Å². The van der Waals surface area contributed by atoms with E-state index in [0.29, 0.717) is 45.8 Å². The van der Waals surface area contributed by atoms with Crippen LogP contribution in [-0.4, -0.2) is 46.1 Å². The molecular formula is C28H22FN9O. The topological polar surface area (TPSA) is 114 Å². The van der Waals surface area contributed by atoms with Crippen LogP contribution in [0.1, 0.15) is 29.6 Å². The third-order valence-electron chi connectivity index (χ3n) is 6.80. The summed E-state index contributed by atoms with van der Waals surface area (Å²) >= 11 is 0. The van der Waals surface area contributed by atoms with Gasteiger partial charge in [-0.15, -0.1) is 5.10 Å². The summed E-state index contributed by atoms with van der Waals surface area (Å²) in [6.45, 7) is 0. The Balaban J connectivity index is 1.31.